The summed E-state index contributed by atoms with van der Waals surface area (Å²) in [5.41, 5.74) is 1.59. The molecule has 0 fully saturated rings. The largest absolute Gasteiger partial charge is 0.356 e. The topological polar surface area (TPSA) is 106 Å². The number of sulfonamides is 1. The molecule has 1 aromatic heterocycles. The Morgan fingerprint density at radius 2 is 1.77 bits per heavy atom. The van der Waals surface area contributed by atoms with Crippen molar-refractivity contribution in [1.82, 2.24) is 5.32 Å². The van der Waals surface area contributed by atoms with Crippen molar-refractivity contribution in [3.63, 3.8) is 0 Å². The average Bonchev–Trinajstić information content (AvgIpc) is 2.91. The lowest BCUT2D eigenvalue weighted by Crippen LogP contribution is -2.26. The quantitative estimate of drug-likeness (QED) is 0.670. The van der Waals surface area contributed by atoms with E-state index in [1.54, 1.807) is 23.5 Å². The number of Topliss-reactive ketones (excluding diaryl/α,β-unsaturated/α-hetero) is 1. The molecule has 0 unspecified atom stereocenters. The third kappa shape index (κ3) is 5.76. The van der Waals surface area contributed by atoms with Crippen molar-refractivity contribution in [2.75, 3.05) is 6.54 Å². The monoisotopic (exact) mass is 394 g/mol. The van der Waals surface area contributed by atoms with E-state index in [2.05, 4.69) is 5.32 Å². The van der Waals surface area contributed by atoms with Crippen molar-refractivity contribution in [3.05, 3.63) is 51.2 Å². The van der Waals surface area contributed by atoms with Crippen LogP contribution in [-0.2, 0) is 21.2 Å². The molecule has 6 nitrogen and oxygen atoms in total. The van der Waals surface area contributed by atoms with Gasteiger partial charge in [0.2, 0.25) is 15.9 Å². The number of ketones is 1. The van der Waals surface area contributed by atoms with Gasteiger partial charge in [-0.25, -0.2) is 13.6 Å². The molecule has 0 bridgehead atoms. The van der Waals surface area contributed by atoms with Crippen LogP contribution in [0.25, 0.3) is 0 Å². The highest BCUT2D eigenvalue weighted by molar-refractivity contribution is 7.89. The van der Waals surface area contributed by atoms with E-state index in [9.17, 15) is 18.0 Å². The van der Waals surface area contributed by atoms with Crippen LogP contribution < -0.4 is 10.5 Å². The van der Waals surface area contributed by atoms with Crippen LogP contribution in [0.2, 0.25) is 0 Å². The summed E-state index contributed by atoms with van der Waals surface area (Å²) < 4.78 is 22.4. The number of primary sulfonamides is 1. The maximum atomic E-state index is 12.2. The van der Waals surface area contributed by atoms with Crippen molar-refractivity contribution < 1.29 is 18.0 Å². The van der Waals surface area contributed by atoms with Gasteiger partial charge in [0.1, 0.15) is 0 Å². The minimum atomic E-state index is -3.69. The van der Waals surface area contributed by atoms with Crippen LogP contribution in [0.4, 0.5) is 0 Å². The Kier molecular flexibility index (Phi) is 6.69. The highest BCUT2D eigenvalue weighted by Crippen LogP contribution is 2.22. The van der Waals surface area contributed by atoms with E-state index in [0.29, 0.717) is 18.5 Å². The summed E-state index contributed by atoms with van der Waals surface area (Å²) >= 11 is 1.58. The fraction of sp³-hybridized carbons (Fsp3) is 0.333. The molecule has 0 aliphatic heterocycles. The van der Waals surface area contributed by atoms with Crippen LogP contribution in [0.15, 0.2) is 35.2 Å². The molecule has 140 valence electrons. The van der Waals surface area contributed by atoms with Gasteiger partial charge in [0.05, 0.1) is 4.90 Å². The third-order valence-corrected chi connectivity index (χ3v) is 5.80. The number of hydrogen-bond donors (Lipinski definition) is 2. The predicted octanol–water partition coefficient (Wildman–Crippen LogP) is 2.33. The van der Waals surface area contributed by atoms with Gasteiger partial charge in [0, 0.05) is 34.7 Å². The van der Waals surface area contributed by atoms with Crippen LogP contribution in [0.5, 0.6) is 0 Å². The molecule has 1 aromatic carbocycles. The molecule has 8 heteroatoms. The fourth-order valence-corrected chi connectivity index (χ4v) is 4.01. The number of rotatable bonds is 8. The van der Waals surface area contributed by atoms with Crippen molar-refractivity contribution >= 4 is 33.1 Å². The summed E-state index contributed by atoms with van der Waals surface area (Å²) in [4.78, 5) is 26.2. The van der Waals surface area contributed by atoms with Crippen LogP contribution in [0, 0.1) is 13.8 Å². The molecule has 0 saturated heterocycles. The van der Waals surface area contributed by atoms with Gasteiger partial charge in [-0.05, 0) is 44.0 Å². The van der Waals surface area contributed by atoms with Crippen LogP contribution in [0.3, 0.4) is 0 Å². The second kappa shape index (κ2) is 8.57. The van der Waals surface area contributed by atoms with Gasteiger partial charge in [-0.2, -0.15) is 0 Å². The molecule has 0 aliphatic rings. The number of thiophene rings is 1. The molecule has 26 heavy (non-hydrogen) atoms. The Bertz CT molecular complexity index is 900. The maximum absolute atomic E-state index is 12.2. The Morgan fingerprint density at radius 1 is 1.12 bits per heavy atom. The number of hydrogen-bond acceptors (Lipinski definition) is 5. The first kappa shape index (κ1) is 20.3. The Labute approximate surface area is 157 Å². The fourth-order valence-electron chi connectivity index (χ4n) is 2.55. The molecule has 1 amide bonds. The second-order valence-corrected chi connectivity index (χ2v) is 9.06. The number of nitrogens with one attached hydrogen (secondary N) is 1. The number of carbonyl (C=O) groups is 2. The van der Waals surface area contributed by atoms with Gasteiger partial charge < -0.3 is 5.32 Å². The first-order valence-electron chi connectivity index (χ1n) is 8.15. The highest BCUT2D eigenvalue weighted by atomic mass is 32.2. The molecule has 1 heterocycles. The van der Waals surface area contributed by atoms with Gasteiger partial charge in [-0.1, -0.05) is 12.1 Å². The summed E-state index contributed by atoms with van der Waals surface area (Å²) in [6.07, 6.45) is 0.900. The van der Waals surface area contributed by atoms with Crippen LogP contribution in [0.1, 0.15) is 38.5 Å². The number of benzene rings is 1. The van der Waals surface area contributed by atoms with Crippen molar-refractivity contribution in [2.24, 2.45) is 5.14 Å². The zero-order valence-corrected chi connectivity index (χ0v) is 16.4. The van der Waals surface area contributed by atoms with Crippen LogP contribution >= 0.6 is 11.3 Å². The standard InChI is InChI=1S/C18H22N2O4S2/c1-12-11-16(13(2)25-12)17(21)7-8-18(22)20-10-9-14-3-5-15(6-4-14)26(19,23)24/h3-6,11H,7-10H2,1-2H3,(H,20,22)(H2,19,23,24). The lowest BCUT2D eigenvalue weighted by molar-refractivity contribution is -0.121. The van der Waals surface area contributed by atoms with Crippen molar-refractivity contribution in [2.45, 2.75) is 38.0 Å². The Balaban J connectivity index is 1.75. The first-order chi connectivity index (χ1) is 12.2. The molecule has 2 aromatic rings. The molecule has 0 radical (unpaired) electrons. The maximum Gasteiger partial charge on any atom is 0.238 e. The van der Waals surface area contributed by atoms with Crippen molar-refractivity contribution in [3.8, 4) is 0 Å². The average molecular weight is 395 g/mol. The van der Waals surface area contributed by atoms with Gasteiger partial charge in [0.25, 0.3) is 0 Å². The molecular weight excluding hydrogens is 372 g/mol. The summed E-state index contributed by atoms with van der Waals surface area (Å²) in [6.45, 7) is 4.28. The SMILES string of the molecule is Cc1cc(C(=O)CCC(=O)NCCc2ccc(S(N)(=O)=O)cc2)c(C)s1. The summed E-state index contributed by atoms with van der Waals surface area (Å²) in [7, 11) is -3.69. The molecule has 0 atom stereocenters. The molecule has 0 spiro atoms. The minimum Gasteiger partial charge on any atom is -0.356 e. The summed E-state index contributed by atoms with van der Waals surface area (Å²) in [5.74, 6) is -0.190. The van der Waals surface area contributed by atoms with E-state index in [4.69, 9.17) is 5.14 Å². The zero-order valence-electron chi connectivity index (χ0n) is 14.7. The Hall–Kier alpha value is -2.03. The van der Waals surface area contributed by atoms with E-state index >= 15 is 0 Å². The number of amides is 1. The number of aryl methyl sites for hydroxylation is 2. The molecule has 2 rings (SSSR count). The molecule has 0 aliphatic carbocycles. The van der Waals surface area contributed by atoms with Gasteiger partial charge >= 0.3 is 0 Å². The van der Waals surface area contributed by atoms with Gasteiger partial charge in [-0.15, -0.1) is 11.3 Å². The lowest BCUT2D eigenvalue weighted by atomic mass is 10.1. The van der Waals surface area contributed by atoms with E-state index in [1.807, 2.05) is 19.9 Å². The van der Waals surface area contributed by atoms with Gasteiger partial charge in [0.15, 0.2) is 5.78 Å². The predicted molar refractivity (Wildman–Crippen MR) is 102 cm³/mol. The molecular formula is C18H22N2O4S2. The lowest BCUT2D eigenvalue weighted by Gasteiger charge is -2.06. The third-order valence-electron chi connectivity index (χ3n) is 3.91. The summed E-state index contributed by atoms with van der Waals surface area (Å²) in [6, 6.07) is 8.08. The number of nitrogens with two attached hydrogens (primary N) is 1. The van der Waals surface area contributed by atoms with E-state index in [-0.39, 0.29) is 29.4 Å². The van der Waals surface area contributed by atoms with Crippen LogP contribution in [-0.4, -0.2) is 26.7 Å². The van der Waals surface area contributed by atoms with Gasteiger partial charge in [-0.3, -0.25) is 9.59 Å². The molecule has 3 N–H and O–H groups in total. The van der Waals surface area contributed by atoms with Crippen molar-refractivity contribution in [1.29, 1.82) is 0 Å². The highest BCUT2D eigenvalue weighted by Gasteiger charge is 2.13. The second-order valence-electron chi connectivity index (χ2n) is 6.04. The van der Waals surface area contributed by atoms with E-state index in [0.717, 1.165) is 15.3 Å². The Morgan fingerprint density at radius 3 is 2.31 bits per heavy atom. The summed E-state index contributed by atoms with van der Waals surface area (Å²) in [5, 5.41) is 7.82. The van der Waals surface area contributed by atoms with E-state index < -0.39 is 10.0 Å². The normalized spacial score (nSPS) is 11.3. The minimum absolute atomic E-state index is 0.0133. The first-order valence-corrected chi connectivity index (χ1v) is 10.5. The van der Waals surface area contributed by atoms with E-state index in [1.165, 1.54) is 12.1 Å². The number of carbonyl (C=O) groups excluding carboxylic acids is 2. The molecule has 0 saturated carbocycles. The smallest absolute Gasteiger partial charge is 0.238 e. The zero-order chi connectivity index (χ0) is 19.3.